The largest absolute Gasteiger partial charge is 0.367 e. The van der Waals surface area contributed by atoms with Gasteiger partial charge in [0.15, 0.2) is 6.29 Å². The van der Waals surface area contributed by atoms with Crippen LogP contribution in [0.5, 0.6) is 0 Å². The zero-order chi connectivity index (χ0) is 6.85. The van der Waals surface area contributed by atoms with E-state index in [-0.39, 0.29) is 12.5 Å². The molecule has 1 atom stereocenters. The Hall–Kier alpha value is -0.650. The molecule has 1 unspecified atom stereocenters. The molecule has 5 nitrogen and oxygen atoms in total. The topological polar surface area (TPSA) is 81.6 Å². The maximum atomic E-state index is 10.5. The van der Waals surface area contributed by atoms with Gasteiger partial charge in [0.05, 0.1) is 0 Å². The molecule has 1 aliphatic heterocycles. The smallest absolute Gasteiger partial charge is 0.243 e. The second kappa shape index (κ2) is 2.30. The standard InChI is InChI=1S/C4H8N2O3/c7-3-2(4(8)9)1-5-6-3/h2,4-5,8-9H,1H2,(H,6,7). The van der Waals surface area contributed by atoms with Crippen LogP contribution in [-0.4, -0.2) is 29.0 Å². The third-order valence-corrected chi connectivity index (χ3v) is 1.23. The number of hydrazine groups is 1. The van der Waals surface area contributed by atoms with Crippen LogP contribution in [0, 0.1) is 5.92 Å². The van der Waals surface area contributed by atoms with Gasteiger partial charge in [0, 0.05) is 6.54 Å². The van der Waals surface area contributed by atoms with Gasteiger partial charge in [-0.2, -0.15) is 0 Å². The minimum Gasteiger partial charge on any atom is -0.367 e. The average molecular weight is 132 g/mol. The highest BCUT2D eigenvalue weighted by Gasteiger charge is 2.29. The SMILES string of the molecule is O=C1NNCC1C(O)O. The van der Waals surface area contributed by atoms with Crippen molar-refractivity contribution >= 4 is 5.91 Å². The van der Waals surface area contributed by atoms with Gasteiger partial charge in [-0.3, -0.25) is 10.2 Å². The Morgan fingerprint density at radius 1 is 1.67 bits per heavy atom. The van der Waals surface area contributed by atoms with E-state index in [1.165, 1.54) is 0 Å². The molecule has 0 aliphatic carbocycles. The van der Waals surface area contributed by atoms with Crippen LogP contribution < -0.4 is 10.9 Å². The van der Waals surface area contributed by atoms with Crippen LogP contribution in [0.3, 0.4) is 0 Å². The molecule has 1 fully saturated rings. The molecule has 1 saturated heterocycles. The van der Waals surface area contributed by atoms with Gasteiger partial charge in [-0.05, 0) is 0 Å². The second-order valence-electron chi connectivity index (χ2n) is 1.89. The summed E-state index contributed by atoms with van der Waals surface area (Å²) in [6.07, 6.45) is -1.56. The highest BCUT2D eigenvalue weighted by molar-refractivity contribution is 5.80. The van der Waals surface area contributed by atoms with E-state index in [0.29, 0.717) is 0 Å². The van der Waals surface area contributed by atoms with Crippen LogP contribution in [0.1, 0.15) is 0 Å². The number of amides is 1. The van der Waals surface area contributed by atoms with Crippen molar-refractivity contribution in [1.29, 1.82) is 0 Å². The van der Waals surface area contributed by atoms with Crippen molar-refractivity contribution in [2.45, 2.75) is 6.29 Å². The third-order valence-electron chi connectivity index (χ3n) is 1.23. The summed E-state index contributed by atoms with van der Waals surface area (Å²) in [6.45, 7) is 0.274. The number of rotatable bonds is 1. The highest BCUT2D eigenvalue weighted by Crippen LogP contribution is 2.02. The normalized spacial score (nSPS) is 27.0. The molecule has 0 aromatic rings. The summed E-state index contributed by atoms with van der Waals surface area (Å²) >= 11 is 0. The third kappa shape index (κ3) is 1.18. The molecule has 1 heterocycles. The summed E-state index contributed by atoms with van der Waals surface area (Å²) in [7, 11) is 0. The monoisotopic (exact) mass is 132 g/mol. The van der Waals surface area contributed by atoms with Crippen LogP contribution in [0.4, 0.5) is 0 Å². The van der Waals surface area contributed by atoms with Crippen molar-refractivity contribution in [2.24, 2.45) is 5.92 Å². The summed E-state index contributed by atoms with van der Waals surface area (Å²) in [5.41, 5.74) is 4.73. The van der Waals surface area contributed by atoms with Gasteiger partial charge >= 0.3 is 0 Å². The molecule has 0 saturated carbocycles. The van der Waals surface area contributed by atoms with Gasteiger partial charge in [-0.1, -0.05) is 0 Å². The van der Waals surface area contributed by atoms with Crippen molar-refractivity contribution in [3.8, 4) is 0 Å². The van der Waals surface area contributed by atoms with Crippen molar-refractivity contribution in [3.05, 3.63) is 0 Å². The molecule has 4 N–H and O–H groups in total. The molecular weight excluding hydrogens is 124 g/mol. The molecule has 9 heavy (non-hydrogen) atoms. The van der Waals surface area contributed by atoms with E-state index in [4.69, 9.17) is 10.2 Å². The van der Waals surface area contributed by atoms with E-state index < -0.39 is 12.2 Å². The summed E-state index contributed by atoms with van der Waals surface area (Å²) in [5, 5.41) is 17.0. The maximum absolute atomic E-state index is 10.5. The number of aliphatic hydroxyl groups excluding tert-OH is 1. The van der Waals surface area contributed by atoms with Crippen molar-refractivity contribution in [2.75, 3.05) is 6.54 Å². The van der Waals surface area contributed by atoms with Gasteiger partial charge in [-0.15, -0.1) is 0 Å². The first kappa shape index (κ1) is 6.47. The van der Waals surface area contributed by atoms with E-state index in [1.54, 1.807) is 0 Å². The number of aliphatic hydroxyl groups is 2. The summed E-state index contributed by atoms with van der Waals surface area (Å²) < 4.78 is 0. The number of hydrogen-bond acceptors (Lipinski definition) is 4. The summed E-state index contributed by atoms with van der Waals surface area (Å²) in [5.74, 6) is -1.09. The Bertz CT molecular complexity index is 125. The fourth-order valence-corrected chi connectivity index (χ4v) is 0.674. The van der Waals surface area contributed by atoms with Crippen LogP contribution in [0.25, 0.3) is 0 Å². The predicted octanol–water partition coefficient (Wildman–Crippen LogP) is -2.45. The second-order valence-corrected chi connectivity index (χ2v) is 1.89. The fraction of sp³-hybridized carbons (Fsp3) is 0.750. The number of nitrogens with one attached hydrogen (secondary N) is 2. The zero-order valence-electron chi connectivity index (χ0n) is 4.66. The Labute approximate surface area is 51.6 Å². The molecule has 1 rings (SSSR count). The van der Waals surface area contributed by atoms with Gasteiger partial charge in [0.25, 0.3) is 0 Å². The lowest BCUT2D eigenvalue weighted by Gasteiger charge is -2.05. The molecule has 0 radical (unpaired) electrons. The number of hydrogen-bond donors (Lipinski definition) is 4. The van der Waals surface area contributed by atoms with Gasteiger partial charge in [-0.25, -0.2) is 5.43 Å². The lowest BCUT2D eigenvalue weighted by molar-refractivity contribution is -0.136. The molecule has 5 heteroatoms. The highest BCUT2D eigenvalue weighted by atomic mass is 16.5. The molecule has 1 amide bonds. The van der Waals surface area contributed by atoms with Gasteiger partial charge < -0.3 is 10.2 Å². The zero-order valence-corrected chi connectivity index (χ0v) is 4.66. The van der Waals surface area contributed by atoms with Crippen molar-refractivity contribution < 1.29 is 15.0 Å². The number of carbonyl (C=O) groups excluding carboxylic acids is 1. The van der Waals surface area contributed by atoms with E-state index in [9.17, 15) is 4.79 Å². The van der Waals surface area contributed by atoms with Crippen LogP contribution >= 0.6 is 0 Å². The minimum atomic E-state index is -1.56. The Balaban J connectivity index is 2.49. The van der Waals surface area contributed by atoms with Crippen molar-refractivity contribution in [3.63, 3.8) is 0 Å². The predicted molar refractivity (Wildman–Crippen MR) is 27.9 cm³/mol. The molecule has 1 aliphatic rings. The molecule has 52 valence electrons. The van der Waals surface area contributed by atoms with Gasteiger partial charge in [0.1, 0.15) is 5.92 Å². The van der Waals surface area contributed by atoms with Crippen LogP contribution in [0.15, 0.2) is 0 Å². The quantitative estimate of drug-likeness (QED) is 0.298. The average Bonchev–Trinajstić information content (AvgIpc) is 2.13. The Kier molecular flexibility index (Phi) is 1.65. The lowest BCUT2D eigenvalue weighted by atomic mass is 10.1. The Morgan fingerprint density at radius 3 is 2.56 bits per heavy atom. The molecular formula is C4H8N2O3. The summed E-state index contributed by atoms with van der Waals surface area (Å²) in [4.78, 5) is 10.5. The molecule has 0 bridgehead atoms. The molecule has 0 aromatic heterocycles. The first-order valence-electron chi connectivity index (χ1n) is 2.60. The van der Waals surface area contributed by atoms with E-state index in [1.807, 2.05) is 0 Å². The lowest BCUT2D eigenvalue weighted by Crippen LogP contribution is -2.29. The molecule has 0 spiro atoms. The van der Waals surface area contributed by atoms with E-state index in [0.717, 1.165) is 0 Å². The van der Waals surface area contributed by atoms with Crippen LogP contribution in [0.2, 0.25) is 0 Å². The van der Waals surface area contributed by atoms with E-state index in [2.05, 4.69) is 10.9 Å². The minimum absolute atomic E-state index is 0.274. The first-order valence-corrected chi connectivity index (χ1v) is 2.60. The van der Waals surface area contributed by atoms with Gasteiger partial charge in [0.2, 0.25) is 5.91 Å². The summed E-state index contributed by atoms with van der Waals surface area (Å²) in [6, 6.07) is 0. The van der Waals surface area contributed by atoms with E-state index >= 15 is 0 Å². The Morgan fingerprint density at radius 2 is 2.33 bits per heavy atom. The maximum Gasteiger partial charge on any atom is 0.243 e. The van der Waals surface area contributed by atoms with Crippen molar-refractivity contribution in [1.82, 2.24) is 10.9 Å². The fourth-order valence-electron chi connectivity index (χ4n) is 0.674. The first-order chi connectivity index (χ1) is 4.22. The number of carbonyl (C=O) groups is 1. The van der Waals surface area contributed by atoms with Crippen LogP contribution in [-0.2, 0) is 4.79 Å². The molecule has 0 aromatic carbocycles.